The number of fused-ring (bicyclic) bond motifs is 6. The summed E-state index contributed by atoms with van der Waals surface area (Å²) in [5.74, 6) is 0.612. The number of nitrogens with zero attached hydrogens (tertiary/aromatic N) is 4. The standard InChI is InChI=1S/C45H28N4O/c1-3-11-29(12-4-1)33-25-39(30-13-5-2-6-14-30)48-40(26-33)34-27-46-45(47-28-34)49-41-17-9-7-15-35(41)37-23-31(19-21-42(37)49)32-20-22-44-38(24-32)36-16-8-10-18-43(36)50-44/h1-28H. The molecule has 0 atom stereocenters. The predicted octanol–water partition coefficient (Wildman–Crippen LogP) is 11.5. The van der Waals surface area contributed by atoms with E-state index in [9.17, 15) is 0 Å². The van der Waals surface area contributed by atoms with E-state index in [1.54, 1.807) is 0 Å². The fourth-order valence-corrected chi connectivity index (χ4v) is 7.08. The number of hydrogen-bond acceptors (Lipinski definition) is 4. The fourth-order valence-electron chi connectivity index (χ4n) is 7.08. The highest BCUT2D eigenvalue weighted by Gasteiger charge is 2.17. The third-order valence-corrected chi connectivity index (χ3v) is 9.52. The number of aromatic nitrogens is 4. The van der Waals surface area contributed by atoms with E-state index in [2.05, 4.69) is 126 Å². The third-order valence-electron chi connectivity index (χ3n) is 9.52. The van der Waals surface area contributed by atoms with Crippen LogP contribution >= 0.6 is 0 Å². The van der Waals surface area contributed by atoms with Crippen molar-refractivity contribution < 1.29 is 4.42 Å². The zero-order valence-electron chi connectivity index (χ0n) is 26.9. The van der Waals surface area contributed by atoms with Crippen LogP contribution in [0.5, 0.6) is 0 Å². The molecule has 5 heteroatoms. The van der Waals surface area contributed by atoms with Gasteiger partial charge in [-0.3, -0.25) is 4.57 Å². The number of rotatable bonds is 5. The van der Waals surface area contributed by atoms with Gasteiger partial charge in [0.05, 0.1) is 22.4 Å². The van der Waals surface area contributed by atoms with Gasteiger partial charge in [0.15, 0.2) is 0 Å². The van der Waals surface area contributed by atoms with Gasteiger partial charge < -0.3 is 4.42 Å². The van der Waals surface area contributed by atoms with E-state index in [4.69, 9.17) is 19.4 Å². The van der Waals surface area contributed by atoms with Crippen LogP contribution in [0.25, 0.3) is 94.5 Å². The average molecular weight is 641 g/mol. The Balaban J connectivity index is 1.07. The molecule has 0 unspecified atom stereocenters. The summed E-state index contributed by atoms with van der Waals surface area (Å²) in [4.78, 5) is 15.0. The maximum absolute atomic E-state index is 6.09. The summed E-state index contributed by atoms with van der Waals surface area (Å²) in [6.45, 7) is 0. The lowest BCUT2D eigenvalue weighted by atomic mass is 10.0. The van der Waals surface area contributed by atoms with E-state index in [0.29, 0.717) is 5.95 Å². The van der Waals surface area contributed by atoms with Crippen molar-refractivity contribution in [1.82, 2.24) is 19.5 Å². The van der Waals surface area contributed by atoms with Gasteiger partial charge in [-0.15, -0.1) is 0 Å². The maximum Gasteiger partial charge on any atom is 0.234 e. The topological polar surface area (TPSA) is 56.7 Å². The van der Waals surface area contributed by atoms with Crippen LogP contribution in [-0.2, 0) is 0 Å². The van der Waals surface area contributed by atoms with Crippen LogP contribution in [0.3, 0.4) is 0 Å². The second-order valence-corrected chi connectivity index (χ2v) is 12.5. The van der Waals surface area contributed by atoms with Crippen LogP contribution in [0.2, 0.25) is 0 Å². The Labute approximate surface area is 287 Å². The van der Waals surface area contributed by atoms with Crippen LogP contribution in [0, 0.1) is 0 Å². The molecule has 0 radical (unpaired) electrons. The van der Waals surface area contributed by atoms with Crippen LogP contribution in [0.4, 0.5) is 0 Å². The summed E-state index contributed by atoms with van der Waals surface area (Å²) in [5.41, 5.74) is 12.1. The first kappa shape index (κ1) is 28.2. The van der Waals surface area contributed by atoms with Gasteiger partial charge >= 0.3 is 0 Å². The summed E-state index contributed by atoms with van der Waals surface area (Å²) in [7, 11) is 0. The number of benzene rings is 6. The first-order chi connectivity index (χ1) is 24.8. The third kappa shape index (κ3) is 4.67. The Bertz CT molecular complexity index is 2800. The highest BCUT2D eigenvalue weighted by molar-refractivity contribution is 6.11. The number of hydrogen-bond donors (Lipinski definition) is 0. The Hall–Kier alpha value is -6.85. The summed E-state index contributed by atoms with van der Waals surface area (Å²) in [6.07, 6.45) is 3.77. The average Bonchev–Trinajstić information content (AvgIpc) is 3.73. The molecule has 0 fully saturated rings. The number of furan rings is 1. The van der Waals surface area contributed by atoms with Crippen molar-refractivity contribution in [1.29, 1.82) is 0 Å². The Morgan fingerprint density at radius 1 is 0.380 bits per heavy atom. The molecule has 0 aliphatic heterocycles. The smallest absolute Gasteiger partial charge is 0.234 e. The minimum atomic E-state index is 0.612. The molecule has 0 amide bonds. The van der Waals surface area contributed by atoms with E-state index in [1.807, 2.05) is 48.8 Å². The minimum Gasteiger partial charge on any atom is -0.456 e. The molecule has 0 spiro atoms. The quantitative estimate of drug-likeness (QED) is 0.188. The van der Waals surface area contributed by atoms with E-state index in [0.717, 1.165) is 88.5 Å². The van der Waals surface area contributed by atoms with Gasteiger partial charge in [-0.2, -0.15) is 0 Å². The lowest BCUT2D eigenvalue weighted by molar-refractivity contribution is 0.669. The van der Waals surface area contributed by atoms with Crippen molar-refractivity contribution in [3.63, 3.8) is 0 Å². The van der Waals surface area contributed by atoms with Gasteiger partial charge in [-0.05, 0) is 70.8 Å². The molecule has 0 saturated carbocycles. The van der Waals surface area contributed by atoms with E-state index in [1.165, 1.54) is 0 Å². The van der Waals surface area contributed by atoms with Crippen LogP contribution in [0.15, 0.2) is 175 Å². The molecule has 4 heterocycles. The largest absolute Gasteiger partial charge is 0.456 e. The second kappa shape index (κ2) is 11.4. The van der Waals surface area contributed by atoms with Crippen molar-refractivity contribution in [3.8, 4) is 50.7 Å². The molecule has 0 aliphatic rings. The Kier molecular flexibility index (Phi) is 6.42. The molecule has 4 aromatic heterocycles. The molecule has 0 N–H and O–H groups in total. The van der Waals surface area contributed by atoms with Crippen LogP contribution in [0.1, 0.15) is 0 Å². The Morgan fingerprint density at radius 2 is 0.960 bits per heavy atom. The molecule has 6 aromatic carbocycles. The fraction of sp³-hybridized carbons (Fsp3) is 0. The lowest BCUT2D eigenvalue weighted by Crippen LogP contribution is -2.01. The summed E-state index contributed by atoms with van der Waals surface area (Å²) in [5, 5.41) is 4.54. The van der Waals surface area contributed by atoms with Crippen molar-refractivity contribution in [3.05, 3.63) is 170 Å². The van der Waals surface area contributed by atoms with Gasteiger partial charge in [-0.1, -0.05) is 109 Å². The van der Waals surface area contributed by atoms with Crippen molar-refractivity contribution in [2.45, 2.75) is 0 Å². The predicted molar refractivity (Wildman–Crippen MR) is 203 cm³/mol. The summed E-state index contributed by atoms with van der Waals surface area (Å²) < 4.78 is 8.24. The van der Waals surface area contributed by atoms with Gasteiger partial charge in [-0.25, -0.2) is 15.0 Å². The molecule has 234 valence electrons. The van der Waals surface area contributed by atoms with E-state index >= 15 is 0 Å². The van der Waals surface area contributed by atoms with Crippen LogP contribution < -0.4 is 0 Å². The molecule has 10 rings (SSSR count). The molecule has 5 nitrogen and oxygen atoms in total. The zero-order chi connectivity index (χ0) is 33.0. The second-order valence-electron chi connectivity index (χ2n) is 12.5. The van der Waals surface area contributed by atoms with Gasteiger partial charge in [0.1, 0.15) is 11.2 Å². The monoisotopic (exact) mass is 640 g/mol. The van der Waals surface area contributed by atoms with E-state index < -0.39 is 0 Å². The van der Waals surface area contributed by atoms with Gasteiger partial charge in [0.2, 0.25) is 5.95 Å². The van der Waals surface area contributed by atoms with Gasteiger partial charge in [0, 0.05) is 45.1 Å². The van der Waals surface area contributed by atoms with Crippen molar-refractivity contribution >= 4 is 43.7 Å². The SMILES string of the molecule is c1ccc(-c2cc(-c3ccccc3)nc(-c3cnc(-n4c5ccccc5c5cc(-c6ccc7oc8ccccc8c7c6)ccc54)nc3)c2)cc1. The lowest BCUT2D eigenvalue weighted by Gasteiger charge is -2.11. The van der Waals surface area contributed by atoms with Crippen LogP contribution in [-0.4, -0.2) is 19.5 Å². The highest BCUT2D eigenvalue weighted by atomic mass is 16.3. The molecular weight excluding hydrogens is 613 g/mol. The molecular formula is C45H28N4O. The highest BCUT2D eigenvalue weighted by Crippen LogP contribution is 2.37. The molecule has 0 bridgehead atoms. The Morgan fingerprint density at radius 3 is 1.74 bits per heavy atom. The molecule has 50 heavy (non-hydrogen) atoms. The molecule has 0 saturated heterocycles. The summed E-state index contributed by atoms with van der Waals surface area (Å²) in [6, 6.07) is 54.7. The number of para-hydroxylation sites is 2. The zero-order valence-corrected chi connectivity index (χ0v) is 26.9. The molecule has 0 aliphatic carbocycles. The first-order valence-corrected chi connectivity index (χ1v) is 16.7. The minimum absolute atomic E-state index is 0.612. The first-order valence-electron chi connectivity index (χ1n) is 16.7. The van der Waals surface area contributed by atoms with Crippen molar-refractivity contribution in [2.75, 3.05) is 0 Å². The normalized spacial score (nSPS) is 11.6. The number of pyridine rings is 1. The maximum atomic E-state index is 6.09. The van der Waals surface area contributed by atoms with E-state index in [-0.39, 0.29) is 0 Å². The van der Waals surface area contributed by atoms with Gasteiger partial charge in [0.25, 0.3) is 0 Å². The molecule has 10 aromatic rings. The van der Waals surface area contributed by atoms with Crippen molar-refractivity contribution in [2.24, 2.45) is 0 Å². The summed E-state index contributed by atoms with van der Waals surface area (Å²) >= 11 is 0.